The Morgan fingerprint density at radius 3 is 2.25 bits per heavy atom. The van der Waals surface area contributed by atoms with E-state index in [9.17, 15) is 4.39 Å². The van der Waals surface area contributed by atoms with E-state index in [4.69, 9.17) is 0 Å². The second-order valence-electron chi connectivity index (χ2n) is 2.23. The molecule has 0 aromatic rings. The average molecular weight is 116 g/mol. The molecule has 0 aliphatic rings. The van der Waals surface area contributed by atoms with Gasteiger partial charge in [-0.1, -0.05) is 20.8 Å². The third-order valence-electron chi connectivity index (χ3n) is 0.971. The van der Waals surface area contributed by atoms with Gasteiger partial charge in [0.05, 0.1) is 0 Å². The summed E-state index contributed by atoms with van der Waals surface area (Å²) in [7, 11) is 0. The van der Waals surface area contributed by atoms with E-state index < -0.39 is 6.17 Å². The lowest BCUT2D eigenvalue weighted by Crippen LogP contribution is -2.02. The molecule has 2 radical (unpaired) electrons. The molecule has 0 nitrogen and oxygen atoms in total. The molecule has 1 heteroatoms. The molecule has 0 N–H and O–H groups in total. The van der Waals surface area contributed by atoms with Crippen LogP contribution in [0, 0.1) is 19.8 Å². The number of alkyl halides is 1. The van der Waals surface area contributed by atoms with Crippen molar-refractivity contribution >= 4 is 0 Å². The lowest BCUT2D eigenvalue weighted by Gasteiger charge is -2.05. The fraction of sp³-hybridized carbons (Fsp3) is 0.714. The van der Waals surface area contributed by atoms with Crippen LogP contribution in [0.25, 0.3) is 0 Å². The molecule has 8 heavy (non-hydrogen) atoms. The van der Waals surface area contributed by atoms with Crippen LogP contribution in [0.2, 0.25) is 0 Å². The molecule has 0 fully saturated rings. The van der Waals surface area contributed by atoms with Gasteiger partial charge in [-0.05, 0) is 18.8 Å². The van der Waals surface area contributed by atoms with Gasteiger partial charge in [-0.15, -0.1) is 0 Å². The maximum Gasteiger partial charge on any atom is 0.100 e. The molecule has 0 rings (SSSR count). The summed E-state index contributed by atoms with van der Waals surface area (Å²) in [5.74, 6) is 0.215. The van der Waals surface area contributed by atoms with Crippen molar-refractivity contribution in [1.29, 1.82) is 0 Å². The smallest absolute Gasteiger partial charge is 0.100 e. The van der Waals surface area contributed by atoms with E-state index in [1.165, 1.54) is 0 Å². The van der Waals surface area contributed by atoms with Crippen molar-refractivity contribution in [2.24, 2.45) is 5.92 Å². The zero-order chi connectivity index (χ0) is 6.57. The predicted molar refractivity (Wildman–Crippen MR) is 34.0 cm³/mol. The van der Waals surface area contributed by atoms with E-state index in [0.29, 0.717) is 12.8 Å². The second-order valence-corrected chi connectivity index (χ2v) is 2.23. The molecular formula is C7H13F. The van der Waals surface area contributed by atoms with Crippen molar-refractivity contribution in [2.45, 2.75) is 25.9 Å². The summed E-state index contributed by atoms with van der Waals surface area (Å²) in [5, 5.41) is 0. The van der Waals surface area contributed by atoms with Gasteiger partial charge in [0.2, 0.25) is 0 Å². The van der Waals surface area contributed by atoms with Gasteiger partial charge in [-0.2, -0.15) is 0 Å². The Labute approximate surface area is 51.1 Å². The first-order valence-electron chi connectivity index (χ1n) is 2.93. The molecule has 2 unspecified atom stereocenters. The SMILES string of the molecule is [CH2]CC(F)CC([CH2])C. The van der Waals surface area contributed by atoms with E-state index in [2.05, 4.69) is 13.8 Å². The fourth-order valence-corrected chi connectivity index (χ4v) is 0.554. The van der Waals surface area contributed by atoms with Gasteiger partial charge in [0.15, 0.2) is 0 Å². The molecule has 0 aliphatic heterocycles. The summed E-state index contributed by atoms with van der Waals surface area (Å²) < 4.78 is 12.3. The average Bonchev–Trinajstić information content (AvgIpc) is 1.65. The highest BCUT2D eigenvalue weighted by atomic mass is 19.1. The van der Waals surface area contributed by atoms with Crippen LogP contribution in [0.1, 0.15) is 19.8 Å². The summed E-state index contributed by atoms with van der Waals surface area (Å²) in [4.78, 5) is 0. The van der Waals surface area contributed by atoms with Gasteiger partial charge in [0.25, 0.3) is 0 Å². The first-order valence-corrected chi connectivity index (χ1v) is 2.93. The Morgan fingerprint density at radius 1 is 1.62 bits per heavy atom. The number of rotatable bonds is 3. The van der Waals surface area contributed by atoms with Crippen molar-refractivity contribution in [3.8, 4) is 0 Å². The molecular weight excluding hydrogens is 103 g/mol. The molecule has 0 heterocycles. The van der Waals surface area contributed by atoms with Crippen LogP contribution in [0.3, 0.4) is 0 Å². The van der Waals surface area contributed by atoms with Crippen molar-refractivity contribution in [3.05, 3.63) is 13.8 Å². The maximum atomic E-state index is 12.3. The number of hydrogen-bond donors (Lipinski definition) is 0. The third-order valence-corrected chi connectivity index (χ3v) is 0.971. The molecule has 0 spiro atoms. The zero-order valence-corrected chi connectivity index (χ0v) is 5.36. The zero-order valence-electron chi connectivity index (χ0n) is 5.36. The van der Waals surface area contributed by atoms with Crippen molar-refractivity contribution < 1.29 is 4.39 Å². The largest absolute Gasteiger partial charge is 0.247 e. The van der Waals surface area contributed by atoms with Crippen LogP contribution in [0.4, 0.5) is 4.39 Å². The van der Waals surface area contributed by atoms with Crippen LogP contribution in [0.5, 0.6) is 0 Å². The van der Waals surface area contributed by atoms with Crippen LogP contribution >= 0.6 is 0 Å². The summed E-state index contributed by atoms with van der Waals surface area (Å²) >= 11 is 0. The Balaban J connectivity index is 3.10. The van der Waals surface area contributed by atoms with Crippen molar-refractivity contribution in [1.82, 2.24) is 0 Å². The van der Waals surface area contributed by atoms with Crippen LogP contribution in [-0.4, -0.2) is 6.17 Å². The Kier molecular flexibility index (Phi) is 3.84. The van der Waals surface area contributed by atoms with Crippen LogP contribution in [0.15, 0.2) is 0 Å². The highest BCUT2D eigenvalue weighted by molar-refractivity contribution is 4.63. The van der Waals surface area contributed by atoms with Gasteiger partial charge >= 0.3 is 0 Å². The molecule has 48 valence electrons. The lowest BCUT2D eigenvalue weighted by molar-refractivity contribution is 0.293. The first kappa shape index (κ1) is 7.93. The summed E-state index contributed by atoms with van der Waals surface area (Å²) in [6.07, 6.45) is 0.172. The van der Waals surface area contributed by atoms with Crippen LogP contribution < -0.4 is 0 Å². The van der Waals surface area contributed by atoms with Crippen molar-refractivity contribution in [2.75, 3.05) is 0 Å². The summed E-state index contributed by atoms with van der Waals surface area (Å²) in [6.45, 7) is 9.00. The van der Waals surface area contributed by atoms with Gasteiger partial charge in [-0.25, -0.2) is 4.39 Å². The second kappa shape index (κ2) is 3.88. The topological polar surface area (TPSA) is 0 Å². The summed E-state index contributed by atoms with van der Waals surface area (Å²) in [6, 6.07) is 0. The van der Waals surface area contributed by atoms with E-state index in [1.54, 1.807) is 0 Å². The number of halogens is 1. The molecule has 0 saturated carbocycles. The highest BCUT2D eigenvalue weighted by Crippen LogP contribution is 2.09. The molecule has 0 saturated heterocycles. The Bertz CT molecular complexity index is 50.3. The first-order chi connectivity index (χ1) is 3.66. The Morgan fingerprint density at radius 2 is 2.12 bits per heavy atom. The monoisotopic (exact) mass is 116 g/mol. The Hall–Kier alpha value is -0.0700. The quantitative estimate of drug-likeness (QED) is 0.531. The van der Waals surface area contributed by atoms with E-state index in [0.717, 1.165) is 0 Å². The van der Waals surface area contributed by atoms with E-state index in [-0.39, 0.29) is 5.92 Å². The minimum absolute atomic E-state index is 0.215. The van der Waals surface area contributed by atoms with Gasteiger partial charge in [-0.3, -0.25) is 0 Å². The van der Waals surface area contributed by atoms with E-state index in [1.807, 2.05) is 6.92 Å². The molecule has 2 atom stereocenters. The fourth-order valence-electron chi connectivity index (χ4n) is 0.554. The third kappa shape index (κ3) is 4.10. The molecule has 0 bridgehead atoms. The molecule has 0 aromatic heterocycles. The van der Waals surface area contributed by atoms with E-state index >= 15 is 0 Å². The normalized spacial score (nSPS) is 14.6. The minimum Gasteiger partial charge on any atom is -0.247 e. The minimum atomic E-state index is -0.748. The molecule has 0 aromatic carbocycles. The van der Waals surface area contributed by atoms with Crippen LogP contribution in [-0.2, 0) is 0 Å². The highest BCUT2D eigenvalue weighted by Gasteiger charge is 2.04. The molecule has 0 aliphatic carbocycles. The lowest BCUT2D eigenvalue weighted by atomic mass is 10.1. The van der Waals surface area contributed by atoms with Gasteiger partial charge in [0, 0.05) is 0 Å². The maximum absolute atomic E-state index is 12.3. The van der Waals surface area contributed by atoms with Crippen molar-refractivity contribution in [3.63, 3.8) is 0 Å². The van der Waals surface area contributed by atoms with Gasteiger partial charge < -0.3 is 0 Å². The van der Waals surface area contributed by atoms with Gasteiger partial charge in [0.1, 0.15) is 6.17 Å². The summed E-state index contributed by atoms with van der Waals surface area (Å²) in [5.41, 5.74) is 0. The predicted octanol–water partition coefficient (Wildman–Crippen LogP) is 2.41. The number of hydrogen-bond acceptors (Lipinski definition) is 0. The molecule has 0 amide bonds. The standard InChI is InChI=1S/C7H13F/c1-4-7(8)5-6(2)3/h6-7H,1-2,4-5H2,3H3.